The third kappa shape index (κ3) is 3.78. The van der Waals surface area contributed by atoms with Crippen molar-refractivity contribution in [2.45, 2.75) is 12.5 Å². The second kappa shape index (κ2) is 7.55. The van der Waals surface area contributed by atoms with Crippen molar-refractivity contribution in [3.8, 4) is 16.5 Å². The van der Waals surface area contributed by atoms with Crippen LogP contribution in [0, 0.1) is 0 Å². The highest BCUT2D eigenvalue weighted by molar-refractivity contribution is 9.10. The molecule has 0 saturated carbocycles. The summed E-state index contributed by atoms with van der Waals surface area (Å²) < 4.78 is 6.79. The lowest BCUT2D eigenvalue weighted by Crippen LogP contribution is -2.31. The number of hydrogen-bond acceptors (Lipinski definition) is 5. The Hall–Kier alpha value is -2.25. The molecule has 0 radical (unpaired) electrons. The van der Waals surface area contributed by atoms with Crippen LogP contribution < -0.4 is 4.74 Å². The zero-order chi connectivity index (χ0) is 17.9. The molecule has 3 heterocycles. The lowest BCUT2D eigenvalue weighted by Gasteiger charge is -2.15. The molecule has 1 unspecified atom stereocenters. The molecule has 1 aliphatic rings. The zero-order valence-electron chi connectivity index (χ0n) is 13.8. The third-order valence-electron chi connectivity index (χ3n) is 4.16. The summed E-state index contributed by atoms with van der Waals surface area (Å²) >= 11 is 4.84. The number of likely N-dealkylation sites (tertiary alicyclic amines) is 1. The van der Waals surface area contributed by atoms with E-state index in [0.29, 0.717) is 24.7 Å². The van der Waals surface area contributed by atoms with Crippen LogP contribution in [0.3, 0.4) is 0 Å². The van der Waals surface area contributed by atoms with Gasteiger partial charge in [-0.3, -0.25) is 4.79 Å². The Balaban J connectivity index is 1.40. The molecule has 1 atom stereocenters. The second-order valence-electron chi connectivity index (χ2n) is 6.00. The first-order valence-corrected chi connectivity index (χ1v) is 9.95. The number of aromatic nitrogens is 2. The first kappa shape index (κ1) is 17.2. The highest BCUT2D eigenvalue weighted by Gasteiger charge is 2.29. The minimum Gasteiger partial charge on any atom is -0.472 e. The summed E-state index contributed by atoms with van der Waals surface area (Å²) in [5, 5.41) is 2.69. The highest BCUT2D eigenvalue weighted by atomic mass is 79.9. The Bertz CT molecular complexity index is 899. The Kier molecular flexibility index (Phi) is 4.99. The van der Waals surface area contributed by atoms with E-state index in [9.17, 15) is 4.79 Å². The Labute approximate surface area is 163 Å². The summed E-state index contributed by atoms with van der Waals surface area (Å²) in [5.74, 6) is 0.533. The number of carbonyl (C=O) groups is 1. The van der Waals surface area contributed by atoms with Gasteiger partial charge >= 0.3 is 0 Å². The van der Waals surface area contributed by atoms with E-state index in [1.807, 2.05) is 47.8 Å². The quantitative estimate of drug-likeness (QED) is 0.621. The number of hydrogen-bond donors (Lipinski definition) is 0. The molecule has 2 aromatic heterocycles. The van der Waals surface area contributed by atoms with Gasteiger partial charge in [0, 0.05) is 40.6 Å². The lowest BCUT2D eigenvalue weighted by molar-refractivity contribution is 0.0766. The van der Waals surface area contributed by atoms with Gasteiger partial charge in [0.15, 0.2) is 0 Å². The summed E-state index contributed by atoms with van der Waals surface area (Å²) in [6, 6.07) is 13.6. The van der Waals surface area contributed by atoms with Gasteiger partial charge in [0.25, 0.3) is 5.91 Å². The van der Waals surface area contributed by atoms with Crippen LogP contribution in [0.5, 0.6) is 5.88 Å². The van der Waals surface area contributed by atoms with Crippen LogP contribution in [0.1, 0.15) is 16.9 Å². The van der Waals surface area contributed by atoms with Gasteiger partial charge in [0.05, 0.1) is 6.54 Å². The maximum Gasteiger partial charge on any atom is 0.273 e. The van der Waals surface area contributed by atoms with Crippen LogP contribution in [0.15, 0.2) is 58.5 Å². The molecule has 1 aliphatic heterocycles. The van der Waals surface area contributed by atoms with Crippen LogP contribution in [0.25, 0.3) is 10.6 Å². The fourth-order valence-corrected chi connectivity index (χ4v) is 3.89. The fraction of sp³-hybridized carbons (Fsp3) is 0.211. The summed E-state index contributed by atoms with van der Waals surface area (Å²) in [6.07, 6.45) is 2.45. The lowest BCUT2D eigenvalue weighted by atomic mass is 10.2. The first-order valence-electron chi connectivity index (χ1n) is 8.27. The smallest absolute Gasteiger partial charge is 0.273 e. The van der Waals surface area contributed by atoms with Gasteiger partial charge in [0.2, 0.25) is 5.88 Å². The van der Waals surface area contributed by atoms with E-state index in [-0.39, 0.29) is 12.0 Å². The molecule has 0 bridgehead atoms. The molecular weight excluding hydrogens is 414 g/mol. The molecule has 1 fully saturated rings. The van der Waals surface area contributed by atoms with Crippen LogP contribution in [0.4, 0.5) is 0 Å². The average Bonchev–Trinajstić information content (AvgIpc) is 3.34. The van der Waals surface area contributed by atoms with Gasteiger partial charge in [0.1, 0.15) is 16.8 Å². The number of halogens is 1. The van der Waals surface area contributed by atoms with Crippen molar-refractivity contribution >= 4 is 33.2 Å². The van der Waals surface area contributed by atoms with Crippen molar-refractivity contribution in [3.05, 3.63) is 64.2 Å². The van der Waals surface area contributed by atoms with Crippen LogP contribution in [-0.2, 0) is 0 Å². The molecule has 4 rings (SSSR count). The van der Waals surface area contributed by atoms with E-state index in [4.69, 9.17) is 4.74 Å². The van der Waals surface area contributed by atoms with Crippen LogP contribution >= 0.6 is 27.3 Å². The minimum absolute atomic E-state index is 0.0418. The zero-order valence-corrected chi connectivity index (χ0v) is 16.2. The normalized spacial score (nSPS) is 16.7. The molecule has 1 amide bonds. The number of amides is 1. The Morgan fingerprint density at radius 3 is 2.85 bits per heavy atom. The molecule has 0 aliphatic carbocycles. The van der Waals surface area contributed by atoms with Gasteiger partial charge in [-0.1, -0.05) is 30.3 Å². The summed E-state index contributed by atoms with van der Waals surface area (Å²) in [6.45, 7) is 1.22. The summed E-state index contributed by atoms with van der Waals surface area (Å²) in [5.41, 5.74) is 1.52. The predicted molar refractivity (Wildman–Crippen MR) is 104 cm³/mol. The number of ether oxygens (including phenoxy) is 1. The van der Waals surface area contributed by atoms with E-state index in [0.717, 1.165) is 21.5 Å². The van der Waals surface area contributed by atoms with E-state index < -0.39 is 0 Å². The third-order valence-corrected chi connectivity index (χ3v) is 5.52. The van der Waals surface area contributed by atoms with E-state index >= 15 is 0 Å². The summed E-state index contributed by atoms with van der Waals surface area (Å²) in [4.78, 5) is 23.3. The molecule has 132 valence electrons. The number of rotatable bonds is 4. The molecule has 26 heavy (non-hydrogen) atoms. The Morgan fingerprint density at radius 1 is 1.23 bits per heavy atom. The van der Waals surface area contributed by atoms with Crippen molar-refractivity contribution in [2.75, 3.05) is 13.1 Å². The van der Waals surface area contributed by atoms with Crippen LogP contribution in [0.2, 0.25) is 0 Å². The monoisotopic (exact) mass is 429 g/mol. The maximum absolute atomic E-state index is 12.7. The van der Waals surface area contributed by atoms with Gasteiger partial charge in [-0.05, 0) is 22.0 Å². The van der Waals surface area contributed by atoms with Gasteiger partial charge in [-0.15, -0.1) is 11.3 Å². The standard InChI is InChI=1S/C19H16BrN3O2S/c20-14-6-7-17(21-10-14)25-15-8-9-23(11-15)19(24)16-12-26-18(22-16)13-4-2-1-3-5-13/h1-7,10,12,15H,8-9,11H2. The molecule has 1 aromatic carbocycles. The number of pyridine rings is 1. The molecule has 0 N–H and O–H groups in total. The van der Waals surface area contributed by atoms with Gasteiger partial charge in [-0.25, -0.2) is 9.97 Å². The average molecular weight is 430 g/mol. The number of nitrogens with zero attached hydrogens (tertiary/aromatic N) is 3. The number of benzene rings is 1. The van der Waals surface area contributed by atoms with Crippen molar-refractivity contribution in [1.29, 1.82) is 0 Å². The molecule has 1 saturated heterocycles. The van der Waals surface area contributed by atoms with E-state index in [1.165, 1.54) is 11.3 Å². The number of carbonyl (C=O) groups excluding carboxylic acids is 1. The van der Waals surface area contributed by atoms with Crippen molar-refractivity contribution < 1.29 is 9.53 Å². The van der Waals surface area contributed by atoms with Crippen molar-refractivity contribution in [2.24, 2.45) is 0 Å². The van der Waals surface area contributed by atoms with Gasteiger partial charge < -0.3 is 9.64 Å². The molecular formula is C19H16BrN3O2S. The van der Waals surface area contributed by atoms with Gasteiger partial charge in [-0.2, -0.15) is 0 Å². The molecule has 0 spiro atoms. The largest absolute Gasteiger partial charge is 0.472 e. The molecule has 3 aromatic rings. The van der Waals surface area contributed by atoms with Crippen molar-refractivity contribution in [3.63, 3.8) is 0 Å². The van der Waals surface area contributed by atoms with E-state index in [2.05, 4.69) is 25.9 Å². The number of thiazole rings is 1. The highest BCUT2D eigenvalue weighted by Crippen LogP contribution is 2.25. The SMILES string of the molecule is O=C(c1csc(-c2ccccc2)n1)N1CCC(Oc2ccc(Br)cn2)C1. The summed E-state index contributed by atoms with van der Waals surface area (Å²) in [7, 11) is 0. The van der Waals surface area contributed by atoms with Crippen LogP contribution in [-0.4, -0.2) is 40.0 Å². The second-order valence-corrected chi connectivity index (χ2v) is 7.77. The fourth-order valence-electron chi connectivity index (χ4n) is 2.86. The topological polar surface area (TPSA) is 55.3 Å². The predicted octanol–water partition coefficient (Wildman–Crippen LogP) is 4.26. The maximum atomic E-state index is 12.7. The molecule has 7 heteroatoms. The Morgan fingerprint density at radius 2 is 2.08 bits per heavy atom. The molecule has 5 nitrogen and oxygen atoms in total. The minimum atomic E-state index is -0.0432. The van der Waals surface area contributed by atoms with E-state index in [1.54, 1.807) is 11.1 Å². The first-order chi connectivity index (χ1) is 12.7. The van der Waals surface area contributed by atoms with Crippen molar-refractivity contribution in [1.82, 2.24) is 14.9 Å².